The van der Waals surface area contributed by atoms with E-state index < -0.39 is 0 Å². The van der Waals surface area contributed by atoms with E-state index >= 15 is 0 Å². The van der Waals surface area contributed by atoms with Crippen LogP contribution in [0.15, 0.2) is 18.2 Å². The number of hydrogen-bond acceptors (Lipinski definition) is 5. The van der Waals surface area contributed by atoms with Crippen LogP contribution in [0.2, 0.25) is 0 Å². The number of hydrogen-bond donors (Lipinski definition) is 0. The Bertz CT molecular complexity index is 537. The third-order valence-corrected chi connectivity index (χ3v) is 5.35. The van der Waals surface area contributed by atoms with Crippen molar-refractivity contribution in [2.75, 3.05) is 47.1 Å². The zero-order valence-corrected chi connectivity index (χ0v) is 16.8. The molecule has 0 radical (unpaired) electrons. The number of methoxy groups -OCH3 is 2. The Hall–Kier alpha value is -1.01. The highest BCUT2D eigenvalue weighted by Gasteiger charge is 2.31. The molecular formula is C20H32ClNO4. The van der Waals surface area contributed by atoms with E-state index in [0.29, 0.717) is 12.1 Å². The highest BCUT2D eigenvalue weighted by atomic mass is 35.5. The Morgan fingerprint density at radius 2 is 1.77 bits per heavy atom. The molecule has 0 aromatic heterocycles. The predicted molar refractivity (Wildman–Crippen MR) is 105 cm³/mol. The number of benzene rings is 1. The molecule has 148 valence electrons. The molecule has 2 aliphatic rings. The molecule has 3 rings (SSSR count). The van der Waals surface area contributed by atoms with Crippen molar-refractivity contribution in [3.05, 3.63) is 23.8 Å². The molecule has 5 nitrogen and oxygen atoms in total. The van der Waals surface area contributed by atoms with Gasteiger partial charge in [0, 0.05) is 19.1 Å². The summed E-state index contributed by atoms with van der Waals surface area (Å²) in [5.74, 6) is 1.55. The van der Waals surface area contributed by atoms with Crippen molar-refractivity contribution in [2.45, 2.75) is 44.2 Å². The van der Waals surface area contributed by atoms with E-state index in [1.807, 2.05) is 12.1 Å². The van der Waals surface area contributed by atoms with Crippen LogP contribution in [-0.2, 0) is 15.9 Å². The van der Waals surface area contributed by atoms with E-state index in [-0.39, 0.29) is 12.4 Å². The summed E-state index contributed by atoms with van der Waals surface area (Å²) < 4.78 is 22.5. The van der Waals surface area contributed by atoms with Gasteiger partial charge in [-0.1, -0.05) is 18.9 Å². The van der Waals surface area contributed by atoms with Crippen LogP contribution >= 0.6 is 12.4 Å². The third kappa shape index (κ3) is 5.49. The van der Waals surface area contributed by atoms with Crippen molar-refractivity contribution in [3.8, 4) is 11.5 Å². The van der Waals surface area contributed by atoms with Crippen molar-refractivity contribution < 1.29 is 18.9 Å². The third-order valence-electron chi connectivity index (χ3n) is 5.35. The highest BCUT2D eigenvalue weighted by molar-refractivity contribution is 5.85. The normalized spacial score (nSPS) is 23.9. The van der Waals surface area contributed by atoms with Gasteiger partial charge in [0.1, 0.15) is 0 Å². The topological polar surface area (TPSA) is 40.2 Å². The van der Waals surface area contributed by atoms with Gasteiger partial charge in [-0.25, -0.2) is 0 Å². The number of rotatable bonds is 7. The van der Waals surface area contributed by atoms with E-state index in [1.165, 1.54) is 31.2 Å². The van der Waals surface area contributed by atoms with Gasteiger partial charge in [0.15, 0.2) is 11.5 Å². The van der Waals surface area contributed by atoms with Gasteiger partial charge in [-0.15, -0.1) is 12.4 Å². The lowest BCUT2D eigenvalue weighted by Gasteiger charge is -2.41. The van der Waals surface area contributed by atoms with Crippen LogP contribution in [0.1, 0.15) is 31.2 Å². The molecule has 0 bridgehead atoms. The summed E-state index contributed by atoms with van der Waals surface area (Å²) in [7, 11) is 3.34. The fraction of sp³-hybridized carbons (Fsp3) is 0.700. The predicted octanol–water partition coefficient (Wildman–Crippen LogP) is 3.33. The minimum atomic E-state index is 0. The molecule has 1 aliphatic heterocycles. The Morgan fingerprint density at radius 3 is 2.50 bits per heavy atom. The first-order chi connectivity index (χ1) is 12.3. The van der Waals surface area contributed by atoms with E-state index in [4.69, 9.17) is 18.9 Å². The first-order valence-electron chi connectivity index (χ1n) is 9.46. The van der Waals surface area contributed by atoms with Gasteiger partial charge in [0.2, 0.25) is 0 Å². The fourth-order valence-electron chi connectivity index (χ4n) is 3.96. The largest absolute Gasteiger partial charge is 0.493 e. The molecule has 0 N–H and O–H groups in total. The Balaban J connectivity index is 0.00000243. The smallest absolute Gasteiger partial charge is 0.160 e. The Morgan fingerprint density at radius 1 is 1.04 bits per heavy atom. The first kappa shape index (κ1) is 21.3. The molecule has 1 heterocycles. The molecule has 1 saturated carbocycles. The second kappa shape index (κ2) is 11.0. The van der Waals surface area contributed by atoms with E-state index in [2.05, 4.69) is 11.0 Å². The van der Waals surface area contributed by atoms with Gasteiger partial charge in [0.05, 0.1) is 40.1 Å². The molecule has 1 saturated heterocycles. The summed E-state index contributed by atoms with van der Waals surface area (Å²) in [6.07, 6.45) is 6.27. The van der Waals surface area contributed by atoms with Crippen molar-refractivity contribution >= 4 is 12.4 Å². The minimum Gasteiger partial charge on any atom is -0.493 e. The van der Waals surface area contributed by atoms with E-state index in [9.17, 15) is 0 Å². The molecule has 2 atom stereocenters. The van der Waals surface area contributed by atoms with Crippen LogP contribution in [0.3, 0.4) is 0 Å². The molecule has 0 amide bonds. The summed E-state index contributed by atoms with van der Waals surface area (Å²) in [4.78, 5) is 2.57. The molecule has 1 aromatic rings. The maximum Gasteiger partial charge on any atom is 0.160 e. The van der Waals surface area contributed by atoms with Crippen LogP contribution in [0.5, 0.6) is 11.5 Å². The second-order valence-electron chi connectivity index (χ2n) is 6.85. The molecule has 6 heteroatoms. The standard InChI is InChI=1S/C20H31NO4.ClH/c1-22-19-8-7-16(15-20(19)23-2)9-12-25-18-6-4-3-5-17(18)21-10-13-24-14-11-21;/h7-8,15,17-18H,3-6,9-14H2,1-2H3;1H/t17-,18-;/m1./s1. The van der Waals surface area contributed by atoms with Gasteiger partial charge >= 0.3 is 0 Å². The lowest BCUT2D eigenvalue weighted by atomic mass is 9.91. The molecule has 26 heavy (non-hydrogen) atoms. The maximum atomic E-state index is 6.33. The van der Waals surface area contributed by atoms with Crippen molar-refractivity contribution in [2.24, 2.45) is 0 Å². The lowest BCUT2D eigenvalue weighted by Crippen LogP contribution is -2.51. The van der Waals surface area contributed by atoms with Crippen LogP contribution in [0.25, 0.3) is 0 Å². The summed E-state index contributed by atoms with van der Waals surface area (Å²) in [5.41, 5.74) is 1.22. The van der Waals surface area contributed by atoms with Gasteiger partial charge in [-0.05, 0) is 37.0 Å². The maximum absolute atomic E-state index is 6.33. The molecule has 0 unspecified atom stereocenters. The summed E-state index contributed by atoms with van der Waals surface area (Å²) >= 11 is 0. The SMILES string of the molecule is COc1ccc(CCO[C@@H]2CCCC[C@H]2N2CCOCC2)cc1OC.Cl. The molecule has 2 fully saturated rings. The molecule has 1 aromatic carbocycles. The highest BCUT2D eigenvalue weighted by Crippen LogP contribution is 2.29. The van der Waals surface area contributed by atoms with Gasteiger partial charge < -0.3 is 18.9 Å². The summed E-state index contributed by atoms with van der Waals surface area (Å²) in [6.45, 7) is 4.55. The van der Waals surface area contributed by atoms with Crippen molar-refractivity contribution in [1.82, 2.24) is 4.90 Å². The number of halogens is 1. The number of nitrogens with zero attached hydrogens (tertiary/aromatic N) is 1. The zero-order chi connectivity index (χ0) is 17.5. The van der Waals surface area contributed by atoms with Crippen molar-refractivity contribution in [3.63, 3.8) is 0 Å². The van der Waals surface area contributed by atoms with E-state index in [0.717, 1.165) is 50.8 Å². The molecular weight excluding hydrogens is 354 g/mol. The number of morpholine rings is 1. The first-order valence-corrected chi connectivity index (χ1v) is 9.46. The van der Waals surface area contributed by atoms with Crippen molar-refractivity contribution in [1.29, 1.82) is 0 Å². The second-order valence-corrected chi connectivity index (χ2v) is 6.85. The lowest BCUT2D eigenvalue weighted by molar-refractivity contribution is -0.0647. The quantitative estimate of drug-likeness (QED) is 0.720. The van der Waals surface area contributed by atoms with Gasteiger partial charge in [-0.2, -0.15) is 0 Å². The zero-order valence-electron chi connectivity index (χ0n) is 15.9. The van der Waals surface area contributed by atoms with Crippen LogP contribution in [-0.4, -0.2) is 64.2 Å². The minimum absolute atomic E-state index is 0. The fourth-order valence-corrected chi connectivity index (χ4v) is 3.96. The summed E-state index contributed by atoms with van der Waals surface area (Å²) in [6, 6.07) is 6.65. The molecule has 0 spiro atoms. The van der Waals surface area contributed by atoms with Crippen LogP contribution < -0.4 is 9.47 Å². The Labute approximate surface area is 163 Å². The van der Waals surface area contributed by atoms with Gasteiger partial charge in [-0.3, -0.25) is 4.90 Å². The Kier molecular flexibility index (Phi) is 8.99. The van der Waals surface area contributed by atoms with Crippen LogP contribution in [0.4, 0.5) is 0 Å². The monoisotopic (exact) mass is 385 g/mol. The van der Waals surface area contributed by atoms with Gasteiger partial charge in [0.25, 0.3) is 0 Å². The van der Waals surface area contributed by atoms with E-state index in [1.54, 1.807) is 14.2 Å². The average molecular weight is 386 g/mol. The molecule has 1 aliphatic carbocycles. The summed E-state index contributed by atoms with van der Waals surface area (Å²) in [5, 5.41) is 0. The average Bonchev–Trinajstić information content (AvgIpc) is 2.69. The number of ether oxygens (including phenoxy) is 4. The van der Waals surface area contributed by atoms with Crippen LogP contribution in [0, 0.1) is 0 Å².